The number of aliphatic hydroxyl groups is 1. The maximum absolute atomic E-state index is 9.45. The molecule has 1 aromatic heterocycles. The Hall–Kier alpha value is -1.59. The van der Waals surface area contributed by atoms with Gasteiger partial charge in [0.2, 0.25) is 0 Å². The van der Waals surface area contributed by atoms with Crippen LogP contribution < -0.4 is 9.47 Å². The van der Waals surface area contributed by atoms with Crippen molar-refractivity contribution in [3.8, 4) is 22.1 Å². The lowest BCUT2D eigenvalue weighted by atomic mass is 10.2. The number of aromatic nitrogens is 1. The zero-order chi connectivity index (χ0) is 14.5. The van der Waals surface area contributed by atoms with Crippen molar-refractivity contribution in [1.82, 2.24) is 4.98 Å². The Bertz CT molecular complexity index is 580. The molecule has 0 spiro atoms. The standard InChI is InChI=1S/C15H19NO3S/c1-4-5-12-14(9-17)20-15(16-12)11-8-10(18-2)6-7-13(11)19-3/h6-8,17H,4-5,9H2,1-3H3. The van der Waals surface area contributed by atoms with E-state index in [1.54, 1.807) is 14.2 Å². The first-order chi connectivity index (χ1) is 9.73. The van der Waals surface area contributed by atoms with E-state index >= 15 is 0 Å². The van der Waals surface area contributed by atoms with Crippen LogP contribution in [0.1, 0.15) is 23.9 Å². The molecule has 0 amide bonds. The van der Waals surface area contributed by atoms with Gasteiger partial charge >= 0.3 is 0 Å². The molecule has 4 nitrogen and oxygen atoms in total. The molecule has 0 atom stereocenters. The van der Waals surface area contributed by atoms with Crippen molar-refractivity contribution in [2.75, 3.05) is 14.2 Å². The first-order valence-electron chi connectivity index (χ1n) is 6.55. The summed E-state index contributed by atoms with van der Waals surface area (Å²) in [6.07, 6.45) is 1.88. The zero-order valence-corrected chi connectivity index (χ0v) is 12.8. The monoisotopic (exact) mass is 293 g/mol. The van der Waals surface area contributed by atoms with Crippen molar-refractivity contribution in [2.24, 2.45) is 0 Å². The molecule has 0 unspecified atom stereocenters. The average molecular weight is 293 g/mol. The second-order valence-corrected chi connectivity index (χ2v) is 5.45. The fraction of sp³-hybridized carbons (Fsp3) is 0.400. The lowest BCUT2D eigenvalue weighted by Crippen LogP contribution is -1.91. The number of methoxy groups -OCH3 is 2. The van der Waals surface area contributed by atoms with E-state index in [-0.39, 0.29) is 6.61 Å². The molecular formula is C15H19NO3S. The molecule has 2 rings (SSSR count). The Morgan fingerprint density at radius 1 is 1.25 bits per heavy atom. The first-order valence-corrected chi connectivity index (χ1v) is 7.37. The van der Waals surface area contributed by atoms with Crippen LogP contribution >= 0.6 is 11.3 Å². The van der Waals surface area contributed by atoms with Gasteiger partial charge in [0.1, 0.15) is 16.5 Å². The minimum atomic E-state index is 0.0271. The highest BCUT2D eigenvalue weighted by Crippen LogP contribution is 2.37. The van der Waals surface area contributed by atoms with Gasteiger partial charge in [0.25, 0.3) is 0 Å². The van der Waals surface area contributed by atoms with Crippen LogP contribution in [-0.2, 0) is 13.0 Å². The Kier molecular flexibility index (Phi) is 4.98. The molecule has 0 aliphatic carbocycles. The number of thiazole rings is 1. The predicted molar refractivity (Wildman–Crippen MR) is 80.6 cm³/mol. The SMILES string of the molecule is CCCc1nc(-c2cc(OC)ccc2OC)sc1CO. The van der Waals surface area contributed by atoms with E-state index in [1.165, 1.54) is 11.3 Å². The number of hydrogen-bond donors (Lipinski definition) is 1. The Morgan fingerprint density at radius 2 is 2.05 bits per heavy atom. The number of aliphatic hydroxyl groups excluding tert-OH is 1. The van der Waals surface area contributed by atoms with Crippen molar-refractivity contribution < 1.29 is 14.6 Å². The molecule has 0 radical (unpaired) electrons. The normalized spacial score (nSPS) is 10.6. The predicted octanol–water partition coefficient (Wildman–Crippen LogP) is 3.27. The average Bonchev–Trinajstić information content (AvgIpc) is 2.90. The lowest BCUT2D eigenvalue weighted by molar-refractivity contribution is 0.284. The van der Waals surface area contributed by atoms with Gasteiger partial charge in [0.15, 0.2) is 0 Å². The summed E-state index contributed by atoms with van der Waals surface area (Å²) >= 11 is 1.50. The fourth-order valence-corrected chi connectivity index (χ4v) is 3.02. The summed E-state index contributed by atoms with van der Waals surface area (Å²) < 4.78 is 10.6. The van der Waals surface area contributed by atoms with Crippen LogP contribution in [0.15, 0.2) is 18.2 Å². The zero-order valence-electron chi connectivity index (χ0n) is 12.0. The molecular weight excluding hydrogens is 274 g/mol. The topological polar surface area (TPSA) is 51.6 Å². The lowest BCUT2D eigenvalue weighted by Gasteiger charge is -2.08. The van der Waals surface area contributed by atoms with E-state index in [4.69, 9.17) is 9.47 Å². The molecule has 20 heavy (non-hydrogen) atoms. The molecule has 1 heterocycles. The molecule has 1 aromatic carbocycles. The van der Waals surface area contributed by atoms with Gasteiger partial charge < -0.3 is 14.6 Å². The molecule has 0 aliphatic rings. The van der Waals surface area contributed by atoms with Crippen LogP contribution in [0.4, 0.5) is 0 Å². The van der Waals surface area contributed by atoms with Gasteiger partial charge in [-0.05, 0) is 24.6 Å². The van der Waals surface area contributed by atoms with Crippen LogP contribution in [-0.4, -0.2) is 24.3 Å². The van der Waals surface area contributed by atoms with E-state index in [2.05, 4.69) is 11.9 Å². The number of ether oxygens (including phenoxy) is 2. The second kappa shape index (κ2) is 6.72. The summed E-state index contributed by atoms with van der Waals surface area (Å²) in [5, 5.41) is 10.3. The molecule has 0 fully saturated rings. The van der Waals surface area contributed by atoms with Crippen molar-refractivity contribution in [2.45, 2.75) is 26.4 Å². The third-order valence-electron chi connectivity index (χ3n) is 3.05. The van der Waals surface area contributed by atoms with Gasteiger partial charge in [0.05, 0.1) is 37.0 Å². The summed E-state index contributed by atoms with van der Waals surface area (Å²) in [6.45, 7) is 2.13. The first kappa shape index (κ1) is 14.8. The molecule has 2 aromatic rings. The van der Waals surface area contributed by atoms with Gasteiger partial charge in [-0.25, -0.2) is 4.98 Å². The van der Waals surface area contributed by atoms with Crippen LogP contribution in [0, 0.1) is 0 Å². The summed E-state index contributed by atoms with van der Waals surface area (Å²) in [4.78, 5) is 5.57. The fourth-order valence-electron chi connectivity index (χ4n) is 2.04. The summed E-state index contributed by atoms with van der Waals surface area (Å²) in [5.74, 6) is 1.52. The minimum absolute atomic E-state index is 0.0271. The van der Waals surface area contributed by atoms with Crippen LogP contribution in [0.3, 0.4) is 0 Å². The van der Waals surface area contributed by atoms with E-state index < -0.39 is 0 Å². The smallest absolute Gasteiger partial charge is 0.129 e. The third-order valence-corrected chi connectivity index (χ3v) is 4.16. The molecule has 0 aliphatic heterocycles. The molecule has 108 valence electrons. The number of hydrogen-bond acceptors (Lipinski definition) is 5. The van der Waals surface area contributed by atoms with Crippen molar-refractivity contribution in [3.05, 3.63) is 28.8 Å². The largest absolute Gasteiger partial charge is 0.497 e. The highest BCUT2D eigenvalue weighted by Gasteiger charge is 2.15. The third kappa shape index (κ3) is 2.94. The van der Waals surface area contributed by atoms with Gasteiger partial charge in [-0.3, -0.25) is 0 Å². The quantitative estimate of drug-likeness (QED) is 0.888. The van der Waals surface area contributed by atoms with Crippen molar-refractivity contribution in [3.63, 3.8) is 0 Å². The highest BCUT2D eigenvalue weighted by molar-refractivity contribution is 7.15. The molecule has 5 heteroatoms. The maximum Gasteiger partial charge on any atom is 0.129 e. The second-order valence-electron chi connectivity index (χ2n) is 4.36. The molecule has 0 saturated heterocycles. The van der Waals surface area contributed by atoms with Crippen LogP contribution in [0.2, 0.25) is 0 Å². The van der Waals surface area contributed by atoms with Gasteiger partial charge in [-0.1, -0.05) is 13.3 Å². The number of nitrogens with zero attached hydrogens (tertiary/aromatic N) is 1. The Morgan fingerprint density at radius 3 is 2.65 bits per heavy atom. The molecule has 1 N–H and O–H groups in total. The van der Waals surface area contributed by atoms with Crippen molar-refractivity contribution >= 4 is 11.3 Å². The maximum atomic E-state index is 9.45. The molecule has 0 saturated carbocycles. The Balaban J connectivity index is 2.49. The van der Waals surface area contributed by atoms with E-state index in [9.17, 15) is 5.11 Å². The number of aryl methyl sites for hydroxylation is 1. The minimum Gasteiger partial charge on any atom is -0.497 e. The van der Waals surface area contributed by atoms with E-state index in [1.807, 2.05) is 18.2 Å². The van der Waals surface area contributed by atoms with E-state index in [0.717, 1.165) is 45.5 Å². The van der Waals surface area contributed by atoms with Gasteiger partial charge in [-0.2, -0.15) is 0 Å². The number of benzene rings is 1. The van der Waals surface area contributed by atoms with Gasteiger partial charge in [0, 0.05) is 0 Å². The van der Waals surface area contributed by atoms with Crippen LogP contribution in [0.5, 0.6) is 11.5 Å². The Labute approximate surface area is 123 Å². The van der Waals surface area contributed by atoms with Gasteiger partial charge in [-0.15, -0.1) is 11.3 Å². The summed E-state index contributed by atoms with van der Waals surface area (Å²) in [6, 6.07) is 5.64. The van der Waals surface area contributed by atoms with E-state index in [0.29, 0.717) is 0 Å². The molecule has 0 bridgehead atoms. The highest BCUT2D eigenvalue weighted by atomic mass is 32.1. The van der Waals surface area contributed by atoms with Crippen LogP contribution in [0.25, 0.3) is 10.6 Å². The summed E-state index contributed by atoms with van der Waals surface area (Å²) in [7, 11) is 3.27. The number of rotatable bonds is 6. The van der Waals surface area contributed by atoms with Crippen molar-refractivity contribution in [1.29, 1.82) is 0 Å². The summed E-state index contributed by atoms with van der Waals surface area (Å²) in [5.41, 5.74) is 1.87.